The number of hydrogen-bond donors (Lipinski definition) is 1. The molecule has 1 heterocycles. The van der Waals surface area contributed by atoms with E-state index in [0.29, 0.717) is 12.5 Å². The van der Waals surface area contributed by atoms with Gasteiger partial charge in [-0.3, -0.25) is 9.69 Å². The van der Waals surface area contributed by atoms with Gasteiger partial charge in [-0.15, -0.1) is 0 Å². The molecule has 1 aliphatic rings. The van der Waals surface area contributed by atoms with E-state index in [4.69, 9.17) is 5.11 Å². The van der Waals surface area contributed by atoms with Crippen LogP contribution in [0.25, 0.3) is 0 Å². The van der Waals surface area contributed by atoms with Crippen LogP contribution in [0.15, 0.2) is 24.3 Å². The van der Waals surface area contributed by atoms with Crippen molar-refractivity contribution in [3.8, 4) is 0 Å². The van der Waals surface area contributed by atoms with Gasteiger partial charge in [-0.2, -0.15) is 13.2 Å². The molecule has 1 saturated heterocycles. The number of carboxylic acids is 1. The predicted molar refractivity (Wildman–Crippen MR) is 76.5 cm³/mol. The van der Waals surface area contributed by atoms with Crippen molar-refractivity contribution in [2.24, 2.45) is 11.8 Å². The SMILES string of the molecule is CC(C)c1ccc(CN2C[C@@H](C(F)(F)F)[C@H](C(=O)O)C2)cc1. The van der Waals surface area contributed by atoms with Gasteiger partial charge < -0.3 is 5.11 Å². The zero-order chi connectivity index (χ0) is 16.5. The maximum absolute atomic E-state index is 12.9. The zero-order valence-corrected chi connectivity index (χ0v) is 12.6. The number of carboxylic acid groups (broad SMARTS) is 1. The molecule has 22 heavy (non-hydrogen) atoms. The van der Waals surface area contributed by atoms with Gasteiger partial charge in [0.05, 0.1) is 11.8 Å². The van der Waals surface area contributed by atoms with E-state index in [1.165, 1.54) is 5.56 Å². The first kappa shape index (κ1) is 16.8. The normalized spacial score (nSPS) is 23.2. The molecule has 1 aliphatic heterocycles. The van der Waals surface area contributed by atoms with Crippen LogP contribution in [0.1, 0.15) is 30.9 Å². The van der Waals surface area contributed by atoms with Crippen molar-refractivity contribution in [3.63, 3.8) is 0 Å². The largest absolute Gasteiger partial charge is 0.481 e. The first-order chi connectivity index (χ1) is 10.2. The average molecular weight is 315 g/mol. The molecule has 0 amide bonds. The Morgan fingerprint density at radius 2 is 1.86 bits per heavy atom. The Balaban J connectivity index is 2.06. The monoisotopic (exact) mass is 315 g/mol. The van der Waals surface area contributed by atoms with Crippen molar-refractivity contribution in [1.82, 2.24) is 4.90 Å². The molecule has 1 aromatic rings. The second-order valence-corrected chi connectivity index (χ2v) is 6.18. The predicted octanol–water partition coefficient (Wildman–Crippen LogP) is 3.50. The number of carbonyl (C=O) groups is 1. The van der Waals surface area contributed by atoms with E-state index >= 15 is 0 Å². The number of likely N-dealkylation sites (tertiary alicyclic amines) is 1. The van der Waals surface area contributed by atoms with Crippen LogP contribution in [0.2, 0.25) is 0 Å². The van der Waals surface area contributed by atoms with Crippen LogP contribution in [0.3, 0.4) is 0 Å². The van der Waals surface area contributed by atoms with E-state index in [0.717, 1.165) is 5.56 Å². The minimum Gasteiger partial charge on any atom is -0.481 e. The van der Waals surface area contributed by atoms with Gasteiger partial charge in [-0.1, -0.05) is 38.1 Å². The molecule has 122 valence electrons. The molecule has 0 unspecified atom stereocenters. The van der Waals surface area contributed by atoms with Crippen molar-refractivity contribution in [1.29, 1.82) is 0 Å². The summed E-state index contributed by atoms with van der Waals surface area (Å²) in [6.07, 6.45) is -4.47. The van der Waals surface area contributed by atoms with E-state index in [-0.39, 0.29) is 13.1 Å². The lowest BCUT2D eigenvalue weighted by molar-refractivity contribution is -0.188. The first-order valence-corrected chi connectivity index (χ1v) is 7.29. The van der Waals surface area contributed by atoms with Gasteiger partial charge in [0.15, 0.2) is 0 Å². The highest BCUT2D eigenvalue weighted by molar-refractivity contribution is 5.71. The fourth-order valence-corrected chi connectivity index (χ4v) is 2.86. The number of hydrogen-bond acceptors (Lipinski definition) is 2. The van der Waals surface area contributed by atoms with Crippen LogP contribution >= 0.6 is 0 Å². The Kier molecular flexibility index (Phi) is 4.80. The quantitative estimate of drug-likeness (QED) is 0.924. The molecular weight excluding hydrogens is 295 g/mol. The molecule has 6 heteroatoms. The summed E-state index contributed by atoms with van der Waals surface area (Å²) in [6.45, 7) is 4.16. The molecule has 0 aromatic heterocycles. The third-order valence-electron chi connectivity index (χ3n) is 4.19. The molecule has 0 saturated carbocycles. The Bertz CT molecular complexity index is 525. The van der Waals surface area contributed by atoms with E-state index in [1.54, 1.807) is 4.90 Å². The van der Waals surface area contributed by atoms with E-state index in [2.05, 4.69) is 13.8 Å². The maximum atomic E-state index is 12.9. The number of rotatable bonds is 4. The van der Waals surface area contributed by atoms with E-state index < -0.39 is 24.0 Å². The van der Waals surface area contributed by atoms with Crippen LogP contribution in [0, 0.1) is 11.8 Å². The van der Waals surface area contributed by atoms with Gasteiger partial charge >= 0.3 is 12.1 Å². The highest BCUT2D eigenvalue weighted by Crippen LogP contribution is 2.38. The lowest BCUT2D eigenvalue weighted by Gasteiger charge is -2.18. The molecule has 0 radical (unpaired) electrons. The lowest BCUT2D eigenvalue weighted by Crippen LogP contribution is -2.33. The van der Waals surface area contributed by atoms with Crippen molar-refractivity contribution >= 4 is 5.97 Å². The minimum atomic E-state index is -4.47. The summed E-state index contributed by atoms with van der Waals surface area (Å²) in [6, 6.07) is 7.72. The van der Waals surface area contributed by atoms with Gasteiger partial charge in [-0.05, 0) is 17.0 Å². The maximum Gasteiger partial charge on any atom is 0.393 e. The second-order valence-electron chi connectivity index (χ2n) is 6.18. The van der Waals surface area contributed by atoms with Gasteiger partial charge in [-0.25, -0.2) is 0 Å². The molecule has 0 spiro atoms. The molecular formula is C16H20F3NO2. The van der Waals surface area contributed by atoms with Crippen LogP contribution in [0.4, 0.5) is 13.2 Å². The zero-order valence-electron chi connectivity index (χ0n) is 12.6. The van der Waals surface area contributed by atoms with E-state index in [9.17, 15) is 18.0 Å². The Morgan fingerprint density at radius 3 is 2.27 bits per heavy atom. The van der Waals surface area contributed by atoms with Crippen molar-refractivity contribution < 1.29 is 23.1 Å². The van der Waals surface area contributed by atoms with Crippen LogP contribution < -0.4 is 0 Å². The number of halogens is 3. The summed E-state index contributed by atoms with van der Waals surface area (Å²) in [5, 5.41) is 9.00. The molecule has 1 aromatic carbocycles. The fourth-order valence-electron chi connectivity index (χ4n) is 2.86. The molecule has 2 atom stereocenters. The van der Waals surface area contributed by atoms with Gasteiger partial charge in [0.1, 0.15) is 0 Å². The summed E-state index contributed by atoms with van der Waals surface area (Å²) in [4.78, 5) is 12.6. The molecule has 1 N–H and O–H groups in total. The third-order valence-corrected chi connectivity index (χ3v) is 4.19. The van der Waals surface area contributed by atoms with Crippen molar-refractivity contribution in [2.45, 2.75) is 32.5 Å². The minimum absolute atomic E-state index is 0.0640. The Labute approximate surface area is 127 Å². The lowest BCUT2D eigenvalue weighted by atomic mass is 9.96. The highest BCUT2D eigenvalue weighted by atomic mass is 19.4. The molecule has 1 fully saturated rings. The van der Waals surface area contributed by atoms with Gasteiger partial charge in [0, 0.05) is 19.6 Å². The van der Waals surface area contributed by atoms with Crippen LogP contribution in [-0.4, -0.2) is 35.2 Å². The number of alkyl halides is 3. The standard InChI is InChI=1S/C16H20F3NO2/c1-10(2)12-5-3-11(4-6-12)7-20-8-13(15(21)22)14(9-20)16(17,18)19/h3-6,10,13-14H,7-9H2,1-2H3,(H,21,22)/t13-,14-/m1/s1. The Morgan fingerprint density at radius 1 is 1.27 bits per heavy atom. The van der Waals surface area contributed by atoms with Crippen LogP contribution in [-0.2, 0) is 11.3 Å². The van der Waals surface area contributed by atoms with Crippen LogP contribution in [0.5, 0.6) is 0 Å². The topological polar surface area (TPSA) is 40.5 Å². The first-order valence-electron chi connectivity index (χ1n) is 7.29. The van der Waals surface area contributed by atoms with Gasteiger partial charge in [0.25, 0.3) is 0 Å². The highest BCUT2D eigenvalue weighted by Gasteiger charge is 2.52. The third kappa shape index (κ3) is 3.80. The number of nitrogens with zero attached hydrogens (tertiary/aromatic N) is 1. The number of aliphatic carboxylic acids is 1. The summed E-state index contributed by atoms with van der Waals surface area (Å²) >= 11 is 0. The number of benzene rings is 1. The molecule has 2 rings (SSSR count). The summed E-state index contributed by atoms with van der Waals surface area (Å²) in [5.41, 5.74) is 2.07. The van der Waals surface area contributed by atoms with Crippen molar-refractivity contribution in [3.05, 3.63) is 35.4 Å². The molecule has 3 nitrogen and oxygen atoms in total. The van der Waals surface area contributed by atoms with Crippen molar-refractivity contribution in [2.75, 3.05) is 13.1 Å². The van der Waals surface area contributed by atoms with E-state index in [1.807, 2.05) is 24.3 Å². The average Bonchev–Trinajstić information content (AvgIpc) is 2.83. The van der Waals surface area contributed by atoms with Gasteiger partial charge in [0.2, 0.25) is 0 Å². The summed E-state index contributed by atoms with van der Waals surface area (Å²) in [7, 11) is 0. The summed E-state index contributed by atoms with van der Waals surface area (Å²) < 4.78 is 38.8. The Hall–Kier alpha value is -1.56. The second kappa shape index (κ2) is 6.28. The molecule has 0 bridgehead atoms. The molecule has 0 aliphatic carbocycles. The summed E-state index contributed by atoms with van der Waals surface area (Å²) in [5.74, 6) is -4.15. The fraction of sp³-hybridized carbons (Fsp3) is 0.562. The smallest absolute Gasteiger partial charge is 0.393 e.